The molecule has 8 heteroatoms. The van der Waals surface area contributed by atoms with Crippen molar-refractivity contribution in [2.75, 3.05) is 27.3 Å². The van der Waals surface area contributed by atoms with Gasteiger partial charge in [0.05, 0.1) is 19.1 Å². The molecule has 29 heavy (non-hydrogen) atoms. The van der Waals surface area contributed by atoms with Crippen molar-refractivity contribution in [1.29, 1.82) is 0 Å². The third-order valence-corrected chi connectivity index (χ3v) is 6.77. The first-order chi connectivity index (χ1) is 13.8. The Bertz CT molecular complexity index is 969. The molecule has 0 saturated carbocycles. The van der Waals surface area contributed by atoms with Gasteiger partial charge in [-0.15, -0.1) is 0 Å². The second kappa shape index (κ2) is 9.76. The molecule has 0 bridgehead atoms. The number of carbonyl (C=O) groups excluding carboxylic acids is 1. The molecule has 0 fully saturated rings. The highest BCUT2D eigenvalue weighted by molar-refractivity contribution is 7.89. The standard InChI is InChI=1S/C21H28N2O5S/c1-6-23(7-2)29(25,26)17-12-11-15(3)18(13-17)21(24)22-14-16-9-8-10-19(27-4)20(16)28-5/h8-13H,6-7,14H2,1-5H3,(H,22,24). The van der Waals surface area contributed by atoms with E-state index in [0.717, 1.165) is 5.56 Å². The normalized spacial score (nSPS) is 11.4. The number of ether oxygens (including phenoxy) is 2. The van der Waals surface area contributed by atoms with Crippen LogP contribution < -0.4 is 14.8 Å². The molecule has 0 aromatic heterocycles. The van der Waals surface area contributed by atoms with E-state index in [-0.39, 0.29) is 17.3 Å². The number of carbonyl (C=O) groups is 1. The van der Waals surface area contributed by atoms with Gasteiger partial charge in [-0.1, -0.05) is 32.0 Å². The second-order valence-electron chi connectivity index (χ2n) is 6.40. The van der Waals surface area contributed by atoms with Gasteiger partial charge in [-0.2, -0.15) is 4.31 Å². The fraction of sp³-hybridized carbons (Fsp3) is 0.381. The zero-order valence-electron chi connectivity index (χ0n) is 17.5. The summed E-state index contributed by atoms with van der Waals surface area (Å²) in [5, 5.41) is 2.84. The summed E-state index contributed by atoms with van der Waals surface area (Å²) < 4.78 is 37.6. The first kappa shape index (κ1) is 22.7. The molecular weight excluding hydrogens is 392 g/mol. The minimum Gasteiger partial charge on any atom is -0.493 e. The highest BCUT2D eigenvalue weighted by Gasteiger charge is 2.23. The Morgan fingerprint density at radius 1 is 1.07 bits per heavy atom. The van der Waals surface area contributed by atoms with Crippen LogP contribution in [0.4, 0.5) is 0 Å². The molecule has 2 rings (SSSR count). The average Bonchev–Trinajstić information content (AvgIpc) is 2.72. The van der Waals surface area contributed by atoms with Crippen LogP contribution in [0.15, 0.2) is 41.3 Å². The number of aryl methyl sites for hydroxylation is 1. The summed E-state index contributed by atoms with van der Waals surface area (Å²) in [6, 6.07) is 10.0. The Labute approximate surface area is 172 Å². The first-order valence-corrected chi connectivity index (χ1v) is 10.8. The van der Waals surface area contributed by atoms with Gasteiger partial charge in [-0.25, -0.2) is 8.42 Å². The minimum atomic E-state index is -3.64. The SMILES string of the molecule is CCN(CC)S(=O)(=O)c1ccc(C)c(C(=O)NCc2cccc(OC)c2OC)c1. The van der Waals surface area contributed by atoms with E-state index in [4.69, 9.17) is 9.47 Å². The van der Waals surface area contributed by atoms with Gasteiger partial charge >= 0.3 is 0 Å². The Hall–Kier alpha value is -2.58. The average molecular weight is 421 g/mol. The quantitative estimate of drug-likeness (QED) is 0.674. The number of rotatable bonds is 9. The fourth-order valence-electron chi connectivity index (χ4n) is 3.08. The Morgan fingerprint density at radius 3 is 2.34 bits per heavy atom. The maximum absolute atomic E-state index is 12.8. The van der Waals surface area contributed by atoms with Crippen molar-refractivity contribution >= 4 is 15.9 Å². The van der Waals surface area contributed by atoms with Crippen LogP contribution in [0, 0.1) is 6.92 Å². The lowest BCUT2D eigenvalue weighted by Gasteiger charge is -2.19. The summed E-state index contributed by atoms with van der Waals surface area (Å²) in [4.78, 5) is 12.9. The van der Waals surface area contributed by atoms with Crippen LogP contribution in [-0.2, 0) is 16.6 Å². The zero-order valence-corrected chi connectivity index (χ0v) is 18.3. The molecule has 2 aromatic rings. The number of benzene rings is 2. The van der Waals surface area contributed by atoms with Gasteiger partial charge in [0.15, 0.2) is 11.5 Å². The predicted molar refractivity (Wildman–Crippen MR) is 112 cm³/mol. The van der Waals surface area contributed by atoms with Crippen LogP contribution in [0.1, 0.15) is 35.3 Å². The van der Waals surface area contributed by atoms with Crippen molar-refractivity contribution in [3.8, 4) is 11.5 Å². The molecule has 0 unspecified atom stereocenters. The molecule has 0 aliphatic heterocycles. The second-order valence-corrected chi connectivity index (χ2v) is 8.34. The van der Waals surface area contributed by atoms with Crippen LogP contribution >= 0.6 is 0 Å². The summed E-state index contributed by atoms with van der Waals surface area (Å²) in [6.45, 7) is 6.28. The zero-order chi connectivity index (χ0) is 21.6. The number of amides is 1. The number of methoxy groups -OCH3 is 2. The van der Waals surface area contributed by atoms with E-state index in [1.54, 1.807) is 40.0 Å². The van der Waals surface area contributed by atoms with E-state index in [0.29, 0.717) is 35.7 Å². The molecule has 0 aliphatic carbocycles. The van der Waals surface area contributed by atoms with E-state index in [1.807, 2.05) is 12.1 Å². The summed E-state index contributed by atoms with van der Waals surface area (Å²) in [5.74, 6) is 0.761. The Balaban J connectivity index is 2.29. The van der Waals surface area contributed by atoms with Crippen LogP contribution in [0.25, 0.3) is 0 Å². The lowest BCUT2D eigenvalue weighted by atomic mass is 10.1. The van der Waals surface area contributed by atoms with E-state index < -0.39 is 10.0 Å². The molecule has 1 amide bonds. The monoisotopic (exact) mass is 420 g/mol. The van der Waals surface area contributed by atoms with Crippen molar-refractivity contribution < 1.29 is 22.7 Å². The molecule has 1 N–H and O–H groups in total. The largest absolute Gasteiger partial charge is 0.493 e. The molecule has 0 aliphatic rings. The van der Waals surface area contributed by atoms with Crippen molar-refractivity contribution in [3.63, 3.8) is 0 Å². The fourth-order valence-corrected chi connectivity index (χ4v) is 4.57. The smallest absolute Gasteiger partial charge is 0.251 e. The van der Waals surface area contributed by atoms with E-state index in [1.165, 1.54) is 23.5 Å². The summed E-state index contributed by atoms with van der Waals surface area (Å²) >= 11 is 0. The predicted octanol–water partition coefficient (Wildman–Crippen LogP) is 2.97. The van der Waals surface area contributed by atoms with Gasteiger partial charge in [0, 0.05) is 30.8 Å². The van der Waals surface area contributed by atoms with Crippen molar-refractivity contribution in [2.24, 2.45) is 0 Å². The van der Waals surface area contributed by atoms with Crippen LogP contribution in [0.3, 0.4) is 0 Å². The number of sulfonamides is 1. The van der Waals surface area contributed by atoms with Crippen LogP contribution in [0.5, 0.6) is 11.5 Å². The Morgan fingerprint density at radius 2 is 1.76 bits per heavy atom. The lowest BCUT2D eigenvalue weighted by Crippen LogP contribution is -2.31. The van der Waals surface area contributed by atoms with Gasteiger partial charge < -0.3 is 14.8 Å². The molecule has 0 heterocycles. The molecule has 0 spiro atoms. The maximum Gasteiger partial charge on any atom is 0.251 e. The van der Waals surface area contributed by atoms with E-state index in [9.17, 15) is 13.2 Å². The number of para-hydroxylation sites is 1. The highest BCUT2D eigenvalue weighted by atomic mass is 32.2. The number of nitrogens with zero attached hydrogens (tertiary/aromatic N) is 1. The Kier molecular flexibility index (Phi) is 7.64. The van der Waals surface area contributed by atoms with Crippen molar-refractivity contribution in [1.82, 2.24) is 9.62 Å². The van der Waals surface area contributed by atoms with Gasteiger partial charge in [0.1, 0.15) is 0 Å². The summed E-state index contributed by atoms with van der Waals surface area (Å²) in [5.41, 5.74) is 1.77. The summed E-state index contributed by atoms with van der Waals surface area (Å²) in [6.07, 6.45) is 0. The van der Waals surface area contributed by atoms with E-state index in [2.05, 4.69) is 5.32 Å². The van der Waals surface area contributed by atoms with Gasteiger partial charge in [-0.3, -0.25) is 4.79 Å². The summed E-state index contributed by atoms with van der Waals surface area (Å²) in [7, 11) is -0.560. The van der Waals surface area contributed by atoms with E-state index >= 15 is 0 Å². The van der Waals surface area contributed by atoms with Gasteiger partial charge in [0.25, 0.3) is 5.91 Å². The molecule has 7 nitrogen and oxygen atoms in total. The van der Waals surface area contributed by atoms with Gasteiger partial charge in [-0.05, 0) is 30.7 Å². The molecule has 0 atom stereocenters. The van der Waals surface area contributed by atoms with Crippen LogP contribution in [-0.4, -0.2) is 45.9 Å². The molecule has 0 radical (unpaired) electrons. The number of hydrogen-bond acceptors (Lipinski definition) is 5. The van der Waals surface area contributed by atoms with Gasteiger partial charge in [0.2, 0.25) is 10.0 Å². The molecule has 158 valence electrons. The maximum atomic E-state index is 12.8. The highest BCUT2D eigenvalue weighted by Crippen LogP contribution is 2.30. The van der Waals surface area contributed by atoms with Crippen molar-refractivity contribution in [3.05, 3.63) is 53.1 Å². The topological polar surface area (TPSA) is 84.9 Å². The molecular formula is C21H28N2O5S. The number of nitrogens with one attached hydrogen (secondary N) is 1. The number of hydrogen-bond donors (Lipinski definition) is 1. The lowest BCUT2D eigenvalue weighted by molar-refractivity contribution is 0.0949. The minimum absolute atomic E-state index is 0.107. The molecule has 0 saturated heterocycles. The molecule has 2 aromatic carbocycles. The third kappa shape index (κ3) is 4.89. The first-order valence-electron chi connectivity index (χ1n) is 9.38. The van der Waals surface area contributed by atoms with Crippen molar-refractivity contribution in [2.45, 2.75) is 32.2 Å². The third-order valence-electron chi connectivity index (χ3n) is 4.72. The van der Waals surface area contributed by atoms with Crippen LogP contribution in [0.2, 0.25) is 0 Å².